The van der Waals surface area contributed by atoms with Gasteiger partial charge in [-0.05, 0) is 12.8 Å². The molecule has 382 valence electrons. The minimum atomic E-state index is -5.06. The normalized spacial score (nSPS) is 19.6. The summed E-state index contributed by atoms with van der Waals surface area (Å²) < 4.78 is 59.2. The van der Waals surface area contributed by atoms with Crippen LogP contribution >= 0.6 is 0 Å². The van der Waals surface area contributed by atoms with Crippen LogP contribution in [0.4, 0.5) is 0 Å². The van der Waals surface area contributed by atoms with Crippen molar-refractivity contribution in [3.63, 3.8) is 0 Å². The Morgan fingerprint density at radius 3 is 1.25 bits per heavy atom. The molecule has 0 amide bonds. The third-order valence-electron chi connectivity index (χ3n) is 12.7. The van der Waals surface area contributed by atoms with Gasteiger partial charge in [0.25, 0.3) is 0 Å². The molecule has 1 aliphatic heterocycles. The fraction of sp³-hybridized carbons (Fsp3) is 0.980. The van der Waals surface area contributed by atoms with E-state index in [9.17, 15) is 33.1 Å². The zero-order valence-electron chi connectivity index (χ0n) is 41.1. The van der Waals surface area contributed by atoms with Crippen LogP contribution in [0.3, 0.4) is 0 Å². The molecule has 6 unspecified atom stereocenters. The molecule has 13 heteroatoms. The maximum Gasteiger partial charge on any atom is 0.397 e. The van der Waals surface area contributed by atoms with E-state index < -0.39 is 59.8 Å². The highest BCUT2D eigenvalue weighted by molar-refractivity contribution is 7.80. The average Bonchev–Trinajstić information content (AvgIpc) is 3.27. The molecule has 1 aliphatic rings. The van der Waals surface area contributed by atoms with Gasteiger partial charge in [0.05, 0.1) is 19.8 Å². The minimum Gasteiger partial charge on any atom is -0.457 e. The molecule has 1 heterocycles. The Kier molecular flexibility index (Phi) is 41.4. The Labute approximate surface area is 392 Å². The summed E-state index contributed by atoms with van der Waals surface area (Å²) in [6.07, 6.45) is 38.6. The molecule has 1 rings (SSSR count). The van der Waals surface area contributed by atoms with Crippen molar-refractivity contribution < 1.29 is 56.2 Å². The van der Waals surface area contributed by atoms with Gasteiger partial charge in [0, 0.05) is 13.0 Å². The van der Waals surface area contributed by atoms with Crippen LogP contribution in [0.25, 0.3) is 0 Å². The van der Waals surface area contributed by atoms with Gasteiger partial charge in [-0.25, -0.2) is 4.18 Å². The van der Waals surface area contributed by atoms with Crippen molar-refractivity contribution in [1.29, 1.82) is 0 Å². The molecule has 1 fully saturated rings. The van der Waals surface area contributed by atoms with Gasteiger partial charge in [0.15, 0.2) is 6.29 Å². The summed E-state index contributed by atoms with van der Waals surface area (Å²) in [5.41, 5.74) is 0. The van der Waals surface area contributed by atoms with Crippen molar-refractivity contribution in [2.24, 2.45) is 0 Å². The molecule has 0 aromatic heterocycles. The highest BCUT2D eigenvalue weighted by atomic mass is 32.3. The van der Waals surface area contributed by atoms with Crippen LogP contribution in [0.1, 0.15) is 258 Å². The van der Waals surface area contributed by atoms with Crippen LogP contribution in [0.2, 0.25) is 0 Å². The smallest absolute Gasteiger partial charge is 0.397 e. The molecule has 0 spiro atoms. The van der Waals surface area contributed by atoms with E-state index in [1.807, 2.05) is 0 Å². The number of ether oxygens (including phenoxy) is 4. The van der Waals surface area contributed by atoms with Gasteiger partial charge < -0.3 is 34.3 Å². The van der Waals surface area contributed by atoms with E-state index in [0.717, 1.165) is 38.5 Å². The Bertz CT molecular complexity index is 1130. The molecule has 4 N–H and O–H groups in total. The maximum atomic E-state index is 12.9. The van der Waals surface area contributed by atoms with Crippen LogP contribution in [-0.2, 0) is 38.3 Å². The number of esters is 1. The van der Waals surface area contributed by atoms with Gasteiger partial charge in [-0.2, -0.15) is 8.42 Å². The van der Waals surface area contributed by atoms with Crippen LogP contribution in [-0.4, -0.2) is 97.5 Å². The third kappa shape index (κ3) is 36.2. The second-order valence-electron chi connectivity index (χ2n) is 18.8. The second kappa shape index (κ2) is 43.4. The van der Waals surface area contributed by atoms with Crippen LogP contribution < -0.4 is 0 Å². The van der Waals surface area contributed by atoms with Gasteiger partial charge in [-0.15, -0.1) is 0 Å². The standard InChI is InChI=1S/C51H100O12S/c1-3-5-7-9-11-13-15-17-18-19-20-21-22-23-24-25-26-27-28-30-32-34-36-38-40-47(53)61-45(43-59-41-39-37-35-33-31-29-16-14-12-10-8-6-4-2)44-60-51-49(55)50(63-64(56,57)58)48(54)46(42-52)62-51/h45-46,48-52,54-55H,3-44H2,1-2H3,(H,56,57,58). The Morgan fingerprint density at radius 2 is 0.891 bits per heavy atom. The number of hydrogen-bond acceptors (Lipinski definition) is 11. The Balaban J connectivity index is 2.27. The predicted molar refractivity (Wildman–Crippen MR) is 258 cm³/mol. The van der Waals surface area contributed by atoms with E-state index >= 15 is 0 Å². The maximum absolute atomic E-state index is 12.9. The molecule has 0 saturated carbocycles. The number of aliphatic hydroxyl groups is 3. The largest absolute Gasteiger partial charge is 0.457 e. The van der Waals surface area contributed by atoms with Crippen molar-refractivity contribution in [3.05, 3.63) is 0 Å². The fourth-order valence-corrected chi connectivity index (χ4v) is 9.18. The molecule has 0 aliphatic carbocycles. The Hall–Kier alpha value is -0.900. The fourth-order valence-electron chi connectivity index (χ4n) is 8.68. The summed E-state index contributed by atoms with van der Waals surface area (Å²) in [6, 6.07) is 0. The van der Waals surface area contributed by atoms with Crippen molar-refractivity contribution in [2.75, 3.05) is 26.4 Å². The molecule has 12 nitrogen and oxygen atoms in total. The minimum absolute atomic E-state index is 0.0449. The number of aliphatic hydroxyl groups excluding tert-OH is 3. The monoisotopic (exact) mass is 937 g/mol. The molecule has 0 aromatic rings. The highest BCUT2D eigenvalue weighted by Crippen LogP contribution is 2.26. The lowest BCUT2D eigenvalue weighted by atomic mass is 9.99. The van der Waals surface area contributed by atoms with E-state index in [0.29, 0.717) is 13.0 Å². The van der Waals surface area contributed by atoms with Crippen molar-refractivity contribution in [2.45, 2.75) is 295 Å². The summed E-state index contributed by atoms with van der Waals surface area (Å²) in [7, 11) is -5.06. The summed E-state index contributed by atoms with van der Waals surface area (Å²) in [4.78, 5) is 12.9. The van der Waals surface area contributed by atoms with Crippen LogP contribution in [0.15, 0.2) is 0 Å². The number of rotatable bonds is 48. The zero-order valence-corrected chi connectivity index (χ0v) is 41.9. The molecule has 64 heavy (non-hydrogen) atoms. The van der Waals surface area contributed by atoms with E-state index in [4.69, 9.17) is 18.9 Å². The first kappa shape index (κ1) is 61.1. The Morgan fingerprint density at radius 1 is 0.531 bits per heavy atom. The number of unbranched alkanes of at least 4 members (excludes halogenated alkanes) is 35. The lowest BCUT2D eigenvalue weighted by Crippen LogP contribution is -2.60. The van der Waals surface area contributed by atoms with Crippen molar-refractivity contribution in [3.8, 4) is 0 Å². The molecule has 0 radical (unpaired) electrons. The van der Waals surface area contributed by atoms with Gasteiger partial charge in [0.1, 0.15) is 30.5 Å². The number of carbonyl (C=O) groups excluding carboxylic acids is 1. The molecule has 6 atom stereocenters. The van der Waals surface area contributed by atoms with E-state index in [1.165, 1.54) is 193 Å². The summed E-state index contributed by atoms with van der Waals surface area (Å²) >= 11 is 0. The molecule has 1 saturated heterocycles. The number of hydrogen-bond donors (Lipinski definition) is 4. The van der Waals surface area contributed by atoms with E-state index in [-0.39, 0.29) is 19.6 Å². The summed E-state index contributed by atoms with van der Waals surface area (Å²) in [5.74, 6) is -0.390. The van der Waals surface area contributed by atoms with Gasteiger partial charge in [-0.3, -0.25) is 9.35 Å². The average molecular weight is 937 g/mol. The summed E-state index contributed by atoms with van der Waals surface area (Å²) in [5, 5.41) is 30.7. The molecular weight excluding hydrogens is 837 g/mol. The van der Waals surface area contributed by atoms with Crippen molar-refractivity contribution in [1.82, 2.24) is 0 Å². The third-order valence-corrected chi connectivity index (χ3v) is 13.2. The zero-order chi connectivity index (χ0) is 46.8. The quantitative estimate of drug-likeness (QED) is 0.0258. The first-order chi connectivity index (χ1) is 31.1. The van der Waals surface area contributed by atoms with Crippen LogP contribution in [0.5, 0.6) is 0 Å². The SMILES string of the molecule is CCCCCCCCCCCCCCCCCCCCCCCCCCC(=O)OC(COCCCCCCCCCCCCCCC)COC1OC(CO)C(O)C(OS(=O)(=O)O)C1O. The van der Waals surface area contributed by atoms with Gasteiger partial charge in [0.2, 0.25) is 0 Å². The number of carbonyl (C=O) groups is 1. The summed E-state index contributed by atoms with van der Waals surface area (Å²) in [6.45, 7) is 4.05. The molecular formula is C51H100O12S. The van der Waals surface area contributed by atoms with E-state index in [2.05, 4.69) is 18.0 Å². The first-order valence-electron chi connectivity index (χ1n) is 26.8. The second-order valence-corrected chi connectivity index (χ2v) is 19.9. The van der Waals surface area contributed by atoms with E-state index in [1.54, 1.807) is 0 Å². The van der Waals surface area contributed by atoms with Crippen molar-refractivity contribution >= 4 is 16.4 Å². The van der Waals surface area contributed by atoms with Gasteiger partial charge in [-0.1, -0.05) is 239 Å². The predicted octanol–water partition coefficient (Wildman–Crippen LogP) is 12.4. The molecule has 0 bridgehead atoms. The highest BCUT2D eigenvalue weighted by Gasteiger charge is 2.48. The lowest BCUT2D eigenvalue weighted by Gasteiger charge is -2.41. The lowest BCUT2D eigenvalue weighted by molar-refractivity contribution is -0.301. The first-order valence-corrected chi connectivity index (χ1v) is 28.2. The topological polar surface area (TPSA) is 178 Å². The van der Waals surface area contributed by atoms with Crippen LogP contribution in [0, 0.1) is 0 Å². The molecule has 0 aromatic carbocycles. The van der Waals surface area contributed by atoms with Gasteiger partial charge >= 0.3 is 16.4 Å².